The van der Waals surface area contributed by atoms with E-state index in [0.717, 1.165) is 16.4 Å². The van der Waals surface area contributed by atoms with Crippen molar-refractivity contribution in [2.75, 3.05) is 0 Å². The number of esters is 1. The first-order valence-corrected chi connectivity index (χ1v) is 9.93. The summed E-state index contributed by atoms with van der Waals surface area (Å²) in [5.41, 5.74) is 2.04. The van der Waals surface area contributed by atoms with Crippen LogP contribution in [-0.2, 0) is 10.3 Å². The van der Waals surface area contributed by atoms with Crippen molar-refractivity contribution >= 4 is 25.4 Å². The number of rotatable bonds is 4. The predicted octanol–water partition coefficient (Wildman–Crippen LogP) is 3.55. The van der Waals surface area contributed by atoms with Gasteiger partial charge in [0.25, 0.3) is 0 Å². The van der Waals surface area contributed by atoms with Crippen molar-refractivity contribution in [3.63, 3.8) is 0 Å². The van der Waals surface area contributed by atoms with E-state index < -0.39 is 5.60 Å². The molecular weight excluding hydrogens is 363 g/mol. The maximum atomic E-state index is 12.5. The molecule has 0 saturated carbocycles. The summed E-state index contributed by atoms with van der Waals surface area (Å²) in [5.74, 6) is -0.224. The molecule has 24 heavy (non-hydrogen) atoms. The molecule has 3 heteroatoms. The van der Waals surface area contributed by atoms with E-state index in [4.69, 9.17) is 4.74 Å². The molecule has 0 aliphatic carbocycles. The van der Waals surface area contributed by atoms with Crippen LogP contribution >= 0.6 is 0 Å². The van der Waals surface area contributed by atoms with Crippen LogP contribution < -0.4 is 4.46 Å². The van der Waals surface area contributed by atoms with Gasteiger partial charge >= 0.3 is 147 Å². The van der Waals surface area contributed by atoms with Gasteiger partial charge in [-0.05, 0) is 0 Å². The fraction of sp³-hybridized carbons (Fsp3) is 0.0952. The molecule has 3 aromatic carbocycles. The summed E-state index contributed by atoms with van der Waals surface area (Å²) in [5, 5.41) is 0.788. The molecule has 0 radical (unpaired) electrons. The molecule has 0 saturated heterocycles. The van der Waals surface area contributed by atoms with Crippen molar-refractivity contribution < 1.29 is 9.53 Å². The van der Waals surface area contributed by atoms with Gasteiger partial charge in [-0.15, -0.1) is 0 Å². The molecule has 0 amide bonds. The Bertz CT molecular complexity index is 861. The summed E-state index contributed by atoms with van der Waals surface area (Å²) in [6.07, 6.45) is 0. The minimum atomic E-state index is -0.676. The topological polar surface area (TPSA) is 26.3 Å². The Labute approximate surface area is 147 Å². The number of carbonyl (C=O) groups excluding carboxylic acids is 1. The third kappa shape index (κ3) is 2.56. The average molecular weight is 379 g/mol. The Balaban J connectivity index is 1.79. The zero-order valence-corrected chi connectivity index (χ0v) is 14.7. The van der Waals surface area contributed by atoms with Crippen LogP contribution in [0.1, 0.15) is 21.5 Å². The van der Waals surface area contributed by atoms with Gasteiger partial charge in [-0.25, -0.2) is 0 Å². The van der Waals surface area contributed by atoms with Gasteiger partial charge in [-0.3, -0.25) is 0 Å². The van der Waals surface area contributed by atoms with E-state index >= 15 is 0 Å². The van der Waals surface area contributed by atoms with Crippen molar-refractivity contribution in [3.8, 4) is 0 Å². The van der Waals surface area contributed by atoms with Crippen LogP contribution in [0.3, 0.4) is 0 Å². The molecule has 1 unspecified atom stereocenters. The van der Waals surface area contributed by atoms with Crippen LogP contribution in [-0.4, -0.2) is 20.9 Å². The Morgan fingerprint density at radius 1 is 0.792 bits per heavy atom. The number of fused-ring (bicyclic) bond motifs is 1. The van der Waals surface area contributed by atoms with E-state index in [2.05, 4.69) is 36.4 Å². The summed E-state index contributed by atoms with van der Waals surface area (Å²) in [4.78, 5) is 12.5. The summed E-state index contributed by atoms with van der Waals surface area (Å²) in [6.45, 7) is 0. The third-order valence-corrected chi connectivity index (χ3v) is 6.70. The molecular formula is C21H16O2Se. The first kappa shape index (κ1) is 15.2. The fourth-order valence-electron chi connectivity index (χ4n) is 3.10. The number of hydrogen-bond acceptors (Lipinski definition) is 2. The summed E-state index contributed by atoms with van der Waals surface area (Å²) >= 11 is 0.203. The molecule has 0 N–H and O–H groups in total. The molecule has 1 aliphatic heterocycles. The molecule has 3 aromatic rings. The first-order valence-electron chi connectivity index (χ1n) is 7.86. The summed E-state index contributed by atoms with van der Waals surface area (Å²) in [6, 6.07) is 28.3. The average Bonchev–Trinajstić information content (AvgIpc) is 2.95. The predicted molar refractivity (Wildman–Crippen MR) is 95.7 cm³/mol. The zero-order valence-electron chi connectivity index (χ0n) is 13.0. The van der Waals surface area contributed by atoms with Crippen molar-refractivity contribution in [1.82, 2.24) is 0 Å². The Morgan fingerprint density at radius 2 is 1.42 bits per heavy atom. The van der Waals surface area contributed by atoms with Gasteiger partial charge in [-0.2, -0.15) is 0 Å². The second-order valence-corrected chi connectivity index (χ2v) is 7.93. The van der Waals surface area contributed by atoms with Gasteiger partial charge in [-0.1, -0.05) is 0 Å². The first-order chi connectivity index (χ1) is 11.8. The van der Waals surface area contributed by atoms with E-state index in [1.165, 1.54) is 4.46 Å². The molecule has 0 fully saturated rings. The molecule has 1 atom stereocenters. The molecule has 4 rings (SSSR count). The summed E-state index contributed by atoms with van der Waals surface area (Å²) < 4.78 is 7.31. The van der Waals surface area contributed by atoms with Crippen LogP contribution in [0.25, 0.3) is 0 Å². The third-order valence-electron chi connectivity index (χ3n) is 4.27. The van der Waals surface area contributed by atoms with E-state index in [1.807, 2.05) is 48.5 Å². The minimum absolute atomic E-state index is 0.203. The molecule has 0 bridgehead atoms. The number of ether oxygens (including phenoxy) is 1. The number of carbonyl (C=O) groups is 1. The quantitative estimate of drug-likeness (QED) is 0.512. The van der Waals surface area contributed by atoms with Crippen molar-refractivity contribution in [2.45, 2.75) is 10.9 Å². The van der Waals surface area contributed by atoms with Gasteiger partial charge < -0.3 is 0 Å². The second-order valence-electron chi connectivity index (χ2n) is 5.73. The monoisotopic (exact) mass is 380 g/mol. The molecule has 1 heterocycles. The Hall–Kier alpha value is -2.35. The van der Waals surface area contributed by atoms with E-state index in [9.17, 15) is 4.79 Å². The van der Waals surface area contributed by atoms with Crippen LogP contribution in [0.4, 0.5) is 0 Å². The van der Waals surface area contributed by atoms with Gasteiger partial charge in [0.15, 0.2) is 0 Å². The van der Waals surface area contributed by atoms with Gasteiger partial charge in [0.2, 0.25) is 0 Å². The van der Waals surface area contributed by atoms with Crippen LogP contribution in [0.5, 0.6) is 0 Å². The maximum absolute atomic E-state index is 12.5. The molecule has 1 aliphatic rings. The molecule has 118 valence electrons. The fourth-order valence-corrected chi connectivity index (χ4v) is 5.40. The SMILES string of the molecule is O=C1OC(C[Se]c2ccccc2)(c2ccccc2)c2ccccc21. The number of hydrogen-bond donors (Lipinski definition) is 0. The number of cyclic esters (lactones) is 1. The van der Waals surface area contributed by atoms with E-state index in [-0.39, 0.29) is 20.9 Å². The Kier molecular flexibility index (Phi) is 3.97. The molecule has 2 nitrogen and oxygen atoms in total. The van der Waals surface area contributed by atoms with Crippen molar-refractivity contribution in [2.24, 2.45) is 0 Å². The van der Waals surface area contributed by atoms with Crippen molar-refractivity contribution in [3.05, 3.63) is 102 Å². The van der Waals surface area contributed by atoms with Crippen LogP contribution in [0.2, 0.25) is 5.32 Å². The summed E-state index contributed by atoms with van der Waals surface area (Å²) in [7, 11) is 0. The van der Waals surface area contributed by atoms with E-state index in [0.29, 0.717) is 5.56 Å². The second kappa shape index (κ2) is 6.27. The van der Waals surface area contributed by atoms with Crippen LogP contribution in [0, 0.1) is 0 Å². The standard InChI is InChI=1S/C21H16O2Se/c22-20-18-13-7-8-14-19(18)21(23-20,16-9-3-1-4-10-16)15-24-17-11-5-2-6-12-17/h1-14H,15H2. The molecule has 0 aromatic heterocycles. The number of benzene rings is 3. The van der Waals surface area contributed by atoms with E-state index in [1.54, 1.807) is 0 Å². The van der Waals surface area contributed by atoms with Gasteiger partial charge in [0.1, 0.15) is 0 Å². The zero-order chi connectivity index (χ0) is 16.4. The molecule has 0 spiro atoms. The Morgan fingerprint density at radius 3 is 2.17 bits per heavy atom. The van der Waals surface area contributed by atoms with Gasteiger partial charge in [0, 0.05) is 0 Å². The normalized spacial score (nSPS) is 18.9. The van der Waals surface area contributed by atoms with Gasteiger partial charge in [0.05, 0.1) is 0 Å². The van der Waals surface area contributed by atoms with Crippen LogP contribution in [0.15, 0.2) is 84.9 Å². The van der Waals surface area contributed by atoms with Crippen molar-refractivity contribution in [1.29, 1.82) is 0 Å².